The Balaban J connectivity index is 0.000000247. The molecule has 578 valence electrons. The summed E-state index contributed by atoms with van der Waals surface area (Å²) in [7, 11) is -6.10. The van der Waals surface area contributed by atoms with E-state index >= 15 is 0 Å². The standard InChI is InChI=1S/3C14H21N2O9P.C13H19N2O9P/c1-7-4-16(14(19)15-12(7)18)13-11(23-6-8(2)22-3)10(25-26(20)21)9(5-17)24-13;2*1-7-4-16(14(19)15-12(7)18)13-11(23-8(2)6-22-3)10(25-26(20)21)9(5-17)24-13;1-7-5-15(13(18)14-11(7)17)12-10(22-4-3-21-2)9(24-25(19)20)8(6-16)23-12/h3*4,8-11,13,17H,5-6H2,1-3H3,(H-,15,18,19,20,21);5,8-10,12,16H,3-4,6H2,1-2H3,(H-,14,17,18,19,20)/p+4/t8-,9-,10+,11?,13-;8-,9+,10-,11?,13+;8-,9-,10+,11?,13-;8-,9+,10?,12-/m1011/s1. The Morgan fingerprint density at radius 3 is 0.893 bits per heavy atom. The summed E-state index contributed by atoms with van der Waals surface area (Å²) >= 11 is 0. The van der Waals surface area contributed by atoms with Gasteiger partial charge in [0.1, 0.15) is 48.8 Å². The van der Waals surface area contributed by atoms with Gasteiger partial charge < -0.3 is 77.3 Å². The average Bonchev–Trinajstić information content (AvgIpc) is 1.68. The Morgan fingerprint density at radius 1 is 0.388 bits per heavy atom. The van der Waals surface area contributed by atoms with Crippen molar-refractivity contribution in [3.8, 4) is 0 Å². The number of H-pyrrole nitrogens is 4. The van der Waals surface area contributed by atoms with Gasteiger partial charge in [-0.25, -0.2) is 19.2 Å². The van der Waals surface area contributed by atoms with Crippen LogP contribution in [0, 0.1) is 27.7 Å². The summed E-state index contributed by atoms with van der Waals surface area (Å²) in [6.45, 7) is 9.90. The molecule has 0 aliphatic carbocycles. The van der Waals surface area contributed by atoms with E-state index in [0.29, 0.717) is 0 Å². The van der Waals surface area contributed by atoms with Crippen LogP contribution in [0.2, 0.25) is 0 Å². The number of rotatable bonds is 32. The molecule has 0 bridgehead atoms. The first-order valence-electron chi connectivity index (χ1n) is 30.9. The van der Waals surface area contributed by atoms with Gasteiger partial charge in [0.05, 0.1) is 77.8 Å². The molecule has 8 unspecified atom stereocenters. The SMILES string of the molecule is COCCOC1[C@@H](O[P+](=O)O)[C@@H](CO)O[C@H]1n1cc(C)c(=O)[nH]c1=O.COC[C@@H](C)OC1[C@@H](O[P+](=O)O)[C@@H](CO)O[C@H]1n1cc(C)c(=O)[nH]c1=O.COC[C@H](C)OC1[C@@H](O[P+](=O)O)[C@@H](CO)O[C@H]1n1cc(C)c(=O)[nH]c1=O.CO[C@H](C)COC1[C@@H](O[P+](=O)O)[C@@H](CO)O[C@H]1n1cc(C)c(=O)[nH]c1=O. The van der Waals surface area contributed by atoms with Crippen LogP contribution in [0.3, 0.4) is 0 Å². The fourth-order valence-corrected chi connectivity index (χ4v) is 12.5. The molecule has 0 amide bonds. The lowest BCUT2D eigenvalue weighted by molar-refractivity contribution is -0.109. The van der Waals surface area contributed by atoms with Crippen LogP contribution in [0.4, 0.5) is 0 Å². The van der Waals surface area contributed by atoms with Crippen LogP contribution in [-0.2, 0) is 93.2 Å². The minimum atomic E-state index is -3.01. The first-order valence-corrected chi connectivity index (χ1v) is 35.4. The van der Waals surface area contributed by atoms with E-state index in [4.69, 9.17) is 94.5 Å². The van der Waals surface area contributed by atoms with Gasteiger partial charge >= 0.3 is 55.8 Å². The predicted molar refractivity (Wildman–Crippen MR) is 347 cm³/mol. The molecule has 0 saturated carbocycles. The van der Waals surface area contributed by atoms with Gasteiger partial charge in [-0.05, 0) is 48.5 Å². The van der Waals surface area contributed by atoms with Crippen LogP contribution in [0.15, 0.2) is 63.1 Å². The summed E-state index contributed by atoms with van der Waals surface area (Å²) in [4.78, 5) is 140. The summed E-state index contributed by atoms with van der Waals surface area (Å²) in [6, 6.07) is 0. The highest BCUT2D eigenvalue weighted by Crippen LogP contribution is 2.41. The molecule has 44 nitrogen and oxygen atoms in total. The number of nitrogens with one attached hydrogen (secondary N) is 4. The van der Waals surface area contributed by atoms with Gasteiger partial charge in [0, 0.05) is 93.7 Å². The number of aromatic nitrogens is 8. The molecular formula is C55H86N8O36P4+4. The summed E-state index contributed by atoms with van der Waals surface area (Å²) in [5.41, 5.74) is -4.11. The van der Waals surface area contributed by atoms with Crippen molar-refractivity contribution in [1.82, 2.24) is 38.2 Å². The molecule has 103 heavy (non-hydrogen) atoms. The third-order valence-corrected chi connectivity index (χ3v) is 17.2. The van der Waals surface area contributed by atoms with Crippen LogP contribution in [-0.4, -0.2) is 258 Å². The zero-order valence-corrected chi connectivity index (χ0v) is 60.8. The van der Waals surface area contributed by atoms with Crippen molar-refractivity contribution < 1.29 is 133 Å². The lowest BCUT2D eigenvalue weighted by Gasteiger charge is -2.25. The maximum atomic E-state index is 12.2. The van der Waals surface area contributed by atoms with Crippen LogP contribution in [0.5, 0.6) is 0 Å². The van der Waals surface area contributed by atoms with Crippen molar-refractivity contribution in [3.05, 3.63) is 130 Å². The molecule has 4 saturated heterocycles. The van der Waals surface area contributed by atoms with E-state index in [1.807, 2.05) is 0 Å². The molecule has 8 rings (SSSR count). The Hall–Kier alpha value is -5.84. The topological polar surface area (TPSA) is 597 Å². The molecule has 4 aromatic rings. The number of methoxy groups -OCH3 is 4. The van der Waals surface area contributed by atoms with Gasteiger partial charge in [-0.3, -0.25) is 57.4 Å². The van der Waals surface area contributed by atoms with Crippen LogP contribution >= 0.6 is 33.0 Å². The van der Waals surface area contributed by atoms with Gasteiger partial charge in [-0.15, -0.1) is 37.7 Å². The van der Waals surface area contributed by atoms with E-state index in [0.717, 1.165) is 18.3 Å². The fraction of sp³-hybridized carbons (Fsp3) is 0.709. The number of hydrogen-bond acceptors (Lipinski definition) is 32. The summed E-state index contributed by atoms with van der Waals surface area (Å²) in [5.74, 6) is 0. The van der Waals surface area contributed by atoms with Crippen molar-refractivity contribution in [2.45, 2.75) is 165 Å². The van der Waals surface area contributed by atoms with E-state index in [2.05, 4.69) is 19.9 Å². The maximum absolute atomic E-state index is 12.2. The molecule has 0 aromatic carbocycles. The van der Waals surface area contributed by atoms with E-state index in [9.17, 15) is 77.0 Å². The molecule has 12 N–H and O–H groups in total. The van der Waals surface area contributed by atoms with Gasteiger partial charge in [0.25, 0.3) is 22.2 Å². The Morgan fingerprint density at radius 2 is 0.650 bits per heavy atom. The minimum Gasteiger partial charge on any atom is -0.394 e. The molecule has 48 heteroatoms. The van der Waals surface area contributed by atoms with E-state index in [1.54, 1.807) is 20.8 Å². The Bertz CT molecular complexity index is 3830. The van der Waals surface area contributed by atoms with Gasteiger partial charge in [0.2, 0.25) is 0 Å². The number of hydrogen-bond donors (Lipinski definition) is 12. The predicted octanol–water partition coefficient (Wildman–Crippen LogP) is -3.63. The molecule has 0 radical (unpaired) electrons. The van der Waals surface area contributed by atoms with E-state index in [1.165, 1.54) is 80.9 Å². The number of aliphatic hydroxyl groups is 4. The molecule has 4 aliphatic heterocycles. The summed E-state index contributed by atoms with van der Waals surface area (Å²) < 4.78 is 134. The van der Waals surface area contributed by atoms with Crippen LogP contribution in [0.25, 0.3) is 0 Å². The molecule has 8 heterocycles. The third kappa shape index (κ3) is 24.1. The minimum absolute atomic E-state index is 0.0817. The van der Waals surface area contributed by atoms with Gasteiger partial charge in [-0.1, -0.05) is 0 Å². The lowest BCUT2D eigenvalue weighted by atomic mass is 10.1. The molecule has 4 aromatic heterocycles. The van der Waals surface area contributed by atoms with Crippen LogP contribution in [0.1, 0.15) is 67.9 Å². The average molecular weight is 1560 g/mol. The lowest BCUT2D eigenvalue weighted by Crippen LogP contribution is -2.42. The van der Waals surface area contributed by atoms with Crippen molar-refractivity contribution >= 4 is 33.0 Å². The van der Waals surface area contributed by atoms with Crippen LogP contribution < -0.4 is 45.0 Å². The quantitative estimate of drug-likeness (QED) is 0.0166. The number of ether oxygens (including phenoxy) is 12. The highest BCUT2D eigenvalue weighted by molar-refractivity contribution is 7.32. The van der Waals surface area contributed by atoms with E-state index < -0.39 is 215 Å². The zero-order chi connectivity index (χ0) is 76.9. The second kappa shape index (κ2) is 41.9. The monoisotopic (exact) mass is 1560 g/mol. The number of nitrogens with zero attached hydrogens (tertiary/aromatic N) is 4. The first kappa shape index (κ1) is 87.8. The number of aromatic amines is 4. The molecule has 4 aliphatic rings. The smallest absolute Gasteiger partial charge is 0.394 e. The highest BCUT2D eigenvalue weighted by Gasteiger charge is 2.56. The summed E-state index contributed by atoms with van der Waals surface area (Å²) in [5, 5.41) is 38.0. The van der Waals surface area contributed by atoms with Crippen molar-refractivity contribution in [2.24, 2.45) is 0 Å². The van der Waals surface area contributed by atoms with Crippen molar-refractivity contribution in [3.63, 3.8) is 0 Å². The molecular weight excluding hydrogens is 1470 g/mol. The maximum Gasteiger partial charge on any atom is 0.695 e. The van der Waals surface area contributed by atoms with Gasteiger partial charge in [0.15, 0.2) is 49.3 Å². The number of aryl methyl sites for hydroxylation is 4. The van der Waals surface area contributed by atoms with Crippen molar-refractivity contribution in [2.75, 3.05) is 87.9 Å². The highest BCUT2D eigenvalue weighted by atomic mass is 31.1. The third-order valence-electron chi connectivity index (χ3n) is 15.5. The second-order valence-corrected chi connectivity index (χ2v) is 25.8. The largest absolute Gasteiger partial charge is 0.695 e. The second-order valence-electron chi connectivity index (χ2n) is 23.0. The van der Waals surface area contributed by atoms with Crippen molar-refractivity contribution in [1.29, 1.82) is 0 Å². The Kier molecular flexibility index (Phi) is 35.7. The normalized spacial score (nSPS) is 27.3. The van der Waals surface area contributed by atoms with E-state index in [-0.39, 0.29) is 61.4 Å². The van der Waals surface area contributed by atoms with Gasteiger partial charge in [-0.2, -0.15) is 0 Å². The zero-order valence-electron chi connectivity index (χ0n) is 57.2. The summed E-state index contributed by atoms with van der Waals surface area (Å²) in [6.07, 6.45) is -12.9. The Labute approximate surface area is 585 Å². The molecule has 0 spiro atoms. The number of aliphatic hydroxyl groups excluding tert-OH is 4. The molecule has 4 fully saturated rings. The first-order chi connectivity index (χ1) is 48.7. The fourth-order valence-electron chi connectivity index (χ4n) is 10.7. The molecule has 23 atom stereocenters.